The molecule has 0 saturated heterocycles. The van der Waals surface area contributed by atoms with Crippen molar-refractivity contribution in [3.8, 4) is 6.07 Å². The summed E-state index contributed by atoms with van der Waals surface area (Å²) < 4.78 is 25.9. The molecule has 0 saturated carbocycles. The molecule has 0 fully saturated rings. The number of hydrogen-bond acceptors (Lipinski definition) is 4. The number of benzene rings is 1. The lowest BCUT2D eigenvalue weighted by molar-refractivity contribution is -0.138. The molecule has 0 aliphatic heterocycles. The fourth-order valence-electron chi connectivity index (χ4n) is 1.37. The van der Waals surface area contributed by atoms with E-state index in [1.54, 1.807) is 6.92 Å². The van der Waals surface area contributed by atoms with Gasteiger partial charge in [0.1, 0.15) is 6.04 Å². The number of sulfonamides is 1. The molecular weight excluding hydrogens is 256 g/mol. The van der Waals surface area contributed by atoms with E-state index in [1.165, 1.54) is 25.1 Å². The molecule has 1 atom stereocenters. The molecule has 1 rings (SSSR count). The topological polar surface area (TPSA) is 107 Å². The van der Waals surface area contributed by atoms with Gasteiger partial charge in [-0.05, 0) is 37.6 Å². The molecule has 2 N–H and O–H groups in total. The fraction of sp³-hybridized carbons (Fsp3) is 0.273. The van der Waals surface area contributed by atoms with Crippen molar-refractivity contribution in [2.24, 2.45) is 0 Å². The number of rotatable bonds is 4. The van der Waals surface area contributed by atoms with Crippen LogP contribution in [0.4, 0.5) is 0 Å². The van der Waals surface area contributed by atoms with Crippen LogP contribution in [-0.4, -0.2) is 25.5 Å². The van der Waals surface area contributed by atoms with E-state index in [0.29, 0.717) is 11.1 Å². The van der Waals surface area contributed by atoms with Crippen molar-refractivity contribution < 1.29 is 18.3 Å². The summed E-state index contributed by atoms with van der Waals surface area (Å²) in [6, 6.07) is 4.76. The molecule has 0 radical (unpaired) electrons. The SMILES string of the molecule is Cc1cc(C#N)ccc1S(=O)(=O)N[C@H](C)C(=O)O. The average Bonchev–Trinajstić information content (AvgIpc) is 2.27. The van der Waals surface area contributed by atoms with E-state index in [1.807, 2.05) is 10.8 Å². The Bertz CT molecular complexity index is 616. The number of aryl methyl sites for hydroxylation is 1. The molecule has 0 aliphatic rings. The van der Waals surface area contributed by atoms with Gasteiger partial charge >= 0.3 is 5.97 Å². The molecule has 18 heavy (non-hydrogen) atoms. The van der Waals surface area contributed by atoms with Gasteiger partial charge in [-0.25, -0.2) is 8.42 Å². The zero-order chi connectivity index (χ0) is 13.9. The van der Waals surface area contributed by atoms with E-state index in [2.05, 4.69) is 0 Å². The first-order valence-corrected chi connectivity index (χ1v) is 6.52. The van der Waals surface area contributed by atoms with Crippen molar-refractivity contribution in [1.29, 1.82) is 5.26 Å². The second-order valence-electron chi connectivity index (χ2n) is 3.77. The third-order valence-corrected chi connectivity index (χ3v) is 4.00. The highest BCUT2D eigenvalue weighted by Gasteiger charge is 2.22. The van der Waals surface area contributed by atoms with Crippen molar-refractivity contribution in [1.82, 2.24) is 4.72 Å². The van der Waals surface area contributed by atoms with Gasteiger partial charge in [0.25, 0.3) is 0 Å². The number of carboxylic acid groups (broad SMARTS) is 1. The van der Waals surface area contributed by atoms with Gasteiger partial charge in [0, 0.05) is 0 Å². The van der Waals surface area contributed by atoms with Crippen LogP contribution in [0.3, 0.4) is 0 Å². The second kappa shape index (κ2) is 5.16. The molecule has 0 heterocycles. The highest BCUT2D eigenvalue weighted by atomic mass is 32.2. The summed E-state index contributed by atoms with van der Waals surface area (Å²) in [5.41, 5.74) is 0.733. The van der Waals surface area contributed by atoms with Gasteiger partial charge in [-0.15, -0.1) is 0 Å². The van der Waals surface area contributed by atoms with Crippen LogP contribution in [0.2, 0.25) is 0 Å². The van der Waals surface area contributed by atoms with Gasteiger partial charge in [-0.2, -0.15) is 9.98 Å². The number of carboxylic acids is 1. The van der Waals surface area contributed by atoms with E-state index in [0.717, 1.165) is 0 Å². The number of nitriles is 1. The first-order chi connectivity index (χ1) is 8.27. The molecule has 1 aromatic carbocycles. The maximum atomic E-state index is 11.9. The summed E-state index contributed by atoms with van der Waals surface area (Å²) in [5.74, 6) is -1.26. The Labute approximate surface area is 105 Å². The van der Waals surface area contributed by atoms with Crippen molar-refractivity contribution in [3.05, 3.63) is 29.3 Å². The largest absolute Gasteiger partial charge is 0.480 e. The number of nitrogens with zero attached hydrogens (tertiary/aromatic N) is 1. The number of hydrogen-bond donors (Lipinski definition) is 2. The van der Waals surface area contributed by atoms with Crippen molar-refractivity contribution in [3.63, 3.8) is 0 Å². The van der Waals surface area contributed by atoms with Gasteiger partial charge in [-0.3, -0.25) is 4.79 Å². The monoisotopic (exact) mass is 268 g/mol. The fourth-order valence-corrected chi connectivity index (χ4v) is 2.79. The summed E-state index contributed by atoms with van der Waals surface area (Å²) in [7, 11) is -3.90. The first kappa shape index (κ1) is 14.2. The van der Waals surface area contributed by atoms with Crippen molar-refractivity contribution in [2.75, 3.05) is 0 Å². The molecule has 0 aliphatic carbocycles. The molecule has 1 aromatic rings. The Morgan fingerprint density at radius 2 is 2.11 bits per heavy atom. The lowest BCUT2D eigenvalue weighted by atomic mass is 10.2. The van der Waals surface area contributed by atoms with Crippen molar-refractivity contribution >= 4 is 16.0 Å². The van der Waals surface area contributed by atoms with Gasteiger partial charge in [0.2, 0.25) is 10.0 Å². The normalized spacial score (nSPS) is 12.7. The predicted molar refractivity (Wildman–Crippen MR) is 63.3 cm³/mol. The van der Waals surface area contributed by atoms with E-state index < -0.39 is 22.0 Å². The van der Waals surface area contributed by atoms with Crippen LogP contribution in [0.5, 0.6) is 0 Å². The van der Waals surface area contributed by atoms with E-state index in [4.69, 9.17) is 10.4 Å². The Morgan fingerprint density at radius 3 is 2.56 bits per heavy atom. The van der Waals surface area contributed by atoms with Crippen molar-refractivity contribution in [2.45, 2.75) is 24.8 Å². The van der Waals surface area contributed by atoms with Crippen LogP contribution < -0.4 is 4.72 Å². The van der Waals surface area contributed by atoms with E-state index >= 15 is 0 Å². The molecule has 0 unspecified atom stereocenters. The van der Waals surface area contributed by atoms with Crippen LogP contribution in [0, 0.1) is 18.3 Å². The molecule has 96 valence electrons. The molecular formula is C11H12N2O4S. The van der Waals surface area contributed by atoms with Crippen LogP contribution in [0.1, 0.15) is 18.1 Å². The Balaban J connectivity index is 3.14. The summed E-state index contributed by atoms with van der Waals surface area (Å²) in [6.45, 7) is 2.78. The van der Waals surface area contributed by atoms with E-state index in [9.17, 15) is 13.2 Å². The highest BCUT2D eigenvalue weighted by Crippen LogP contribution is 2.16. The standard InChI is InChI=1S/C11H12N2O4S/c1-7-5-9(6-12)3-4-10(7)18(16,17)13-8(2)11(14)15/h3-5,8,13H,1-2H3,(H,14,15)/t8-/m1/s1. The first-order valence-electron chi connectivity index (χ1n) is 5.04. The number of nitrogens with one attached hydrogen (secondary N) is 1. The molecule has 0 amide bonds. The summed E-state index contributed by atoms with van der Waals surface area (Å²) >= 11 is 0. The maximum Gasteiger partial charge on any atom is 0.321 e. The van der Waals surface area contributed by atoms with Crippen LogP contribution in [-0.2, 0) is 14.8 Å². The third kappa shape index (κ3) is 3.06. The Kier molecular flexibility index (Phi) is 4.06. The zero-order valence-electron chi connectivity index (χ0n) is 9.84. The van der Waals surface area contributed by atoms with Gasteiger partial charge in [0.05, 0.1) is 16.5 Å². The smallest absolute Gasteiger partial charge is 0.321 e. The summed E-state index contributed by atoms with van der Waals surface area (Å²) in [5, 5.41) is 17.4. The Morgan fingerprint density at radius 1 is 1.50 bits per heavy atom. The van der Waals surface area contributed by atoms with E-state index in [-0.39, 0.29) is 4.90 Å². The second-order valence-corrected chi connectivity index (χ2v) is 5.46. The maximum absolute atomic E-state index is 11.9. The number of carbonyl (C=O) groups is 1. The molecule has 0 spiro atoms. The minimum absolute atomic E-state index is 0.0328. The molecule has 6 nitrogen and oxygen atoms in total. The lowest BCUT2D eigenvalue weighted by Gasteiger charge is -2.12. The van der Waals surface area contributed by atoms with Gasteiger partial charge < -0.3 is 5.11 Å². The summed E-state index contributed by atoms with van der Waals surface area (Å²) in [6.07, 6.45) is 0. The van der Waals surface area contributed by atoms with Gasteiger partial charge in [0.15, 0.2) is 0 Å². The molecule has 0 bridgehead atoms. The minimum atomic E-state index is -3.90. The summed E-state index contributed by atoms with van der Waals surface area (Å²) in [4.78, 5) is 10.6. The Hall–Kier alpha value is -1.91. The van der Waals surface area contributed by atoms with Gasteiger partial charge in [-0.1, -0.05) is 0 Å². The highest BCUT2D eigenvalue weighted by molar-refractivity contribution is 7.89. The molecule has 0 aromatic heterocycles. The average molecular weight is 268 g/mol. The number of aliphatic carboxylic acids is 1. The quantitative estimate of drug-likeness (QED) is 0.832. The predicted octanol–water partition coefficient (Wildman–Crippen LogP) is 0.618. The minimum Gasteiger partial charge on any atom is -0.480 e. The lowest BCUT2D eigenvalue weighted by Crippen LogP contribution is -2.38. The molecule has 7 heteroatoms. The van der Waals surface area contributed by atoms with Crippen LogP contribution in [0.15, 0.2) is 23.1 Å². The van der Waals surface area contributed by atoms with Crippen LogP contribution >= 0.6 is 0 Å². The van der Waals surface area contributed by atoms with Crippen LogP contribution in [0.25, 0.3) is 0 Å². The zero-order valence-corrected chi connectivity index (χ0v) is 10.7. The third-order valence-electron chi connectivity index (χ3n) is 2.30.